The van der Waals surface area contributed by atoms with Gasteiger partial charge in [-0.3, -0.25) is 5.32 Å². The highest BCUT2D eigenvalue weighted by Gasteiger charge is 2.01. The van der Waals surface area contributed by atoms with Crippen molar-refractivity contribution in [3.8, 4) is 0 Å². The molecule has 1 heterocycles. The van der Waals surface area contributed by atoms with Crippen LogP contribution in [0.15, 0.2) is 18.3 Å². The number of anilines is 1. The Hall–Kier alpha value is -1.37. The Morgan fingerprint density at radius 1 is 1.53 bits per heavy atom. The van der Waals surface area contributed by atoms with Crippen LogP contribution in [0.5, 0.6) is 0 Å². The van der Waals surface area contributed by atoms with E-state index in [1.54, 1.807) is 19.2 Å². The van der Waals surface area contributed by atoms with Crippen molar-refractivity contribution in [2.75, 3.05) is 32.4 Å². The molecular formula is C10H14ClN3O3. The molecule has 0 atom stereocenters. The normalized spacial score (nSPS) is 10.0. The third-order valence-corrected chi connectivity index (χ3v) is 1.97. The van der Waals surface area contributed by atoms with Gasteiger partial charge in [0, 0.05) is 18.3 Å². The molecule has 17 heavy (non-hydrogen) atoms. The highest BCUT2D eigenvalue weighted by molar-refractivity contribution is 6.30. The number of urea groups is 1. The Balaban J connectivity index is 2.21. The van der Waals surface area contributed by atoms with E-state index in [1.807, 2.05) is 0 Å². The zero-order valence-corrected chi connectivity index (χ0v) is 10.2. The fourth-order valence-corrected chi connectivity index (χ4v) is 1.12. The van der Waals surface area contributed by atoms with Crippen LogP contribution in [0.1, 0.15) is 0 Å². The number of hydrogen-bond donors (Lipinski definition) is 2. The van der Waals surface area contributed by atoms with E-state index >= 15 is 0 Å². The second kappa shape index (κ2) is 7.83. The molecule has 2 amide bonds. The molecule has 0 radical (unpaired) electrons. The van der Waals surface area contributed by atoms with E-state index in [0.717, 1.165) is 0 Å². The number of rotatable bonds is 6. The first-order chi connectivity index (χ1) is 8.22. The van der Waals surface area contributed by atoms with Crippen molar-refractivity contribution in [3.05, 3.63) is 23.4 Å². The lowest BCUT2D eigenvalue weighted by atomic mass is 10.4. The van der Waals surface area contributed by atoms with Crippen molar-refractivity contribution < 1.29 is 14.3 Å². The predicted octanol–water partition coefficient (Wildman–Crippen LogP) is 1.48. The van der Waals surface area contributed by atoms with Crippen molar-refractivity contribution >= 4 is 23.4 Å². The lowest BCUT2D eigenvalue weighted by Gasteiger charge is -2.07. The molecule has 1 aromatic rings. The maximum absolute atomic E-state index is 11.3. The van der Waals surface area contributed by atoms with E-state index in [0.29, 0.717) is 24.1 Å². The van der Waals surface area contributed by atoms with Crippen molar-refractivity contribution in [3.63, 3.8) is 0 Å². The Labute approximate surface area is 104 Å². The summed E-state index contributed by atoms with van der Waals surface area (Å²) < 4.78 is 9.84. The van der Waals surface area contributed by atoms with Gasteiger partial charge >= 0.3 is 6.03 Å². The highest BCUT2D eigenvalue weighted by atomic mass is 35.5. The molecule has 1 rings (SSSR count). The maximum atomic E-state index is 11.3. The number of hydrogen-bond acceptors (Lipinski definition) is 4. The van der Waals surface area contributed by atoms with Gasteiger partial charge in [0.2, 0.25) is 0 Å². The number of nitrogens with zero attached hydrogens (tertiary/aromatic N) is 1. The Kier molecular flexibility index (Phi) is 6.31. The fraction of sp³-hybridized carbons (Fsp3) is 0.400. The second-order valence-corrected chi connectivity index (χ2v) is 3.47. The number of aromatic nitrogens is 1. The number of nitrogens with one attached hydrogen (secondary N) is 2. The first-order valence-corrected chi connectivity index (χ1v) is 5.33. The molecule has 0 spiro atoms. The van der Waals surface area contributed by atoms with Gasteiger partial charge in [-0.15, -0.1) is 0 Å². The molecular weight excluding hydrogens is 246 g/mol. The van der Waals surface area contributed by atoms with E-state index in [1.165, 1.54) is 6.20 Å². The minimum absolute atomic E-state index is 0.107. The van der Waals surface area contributed by atoms with Crippen molar-refractivity contribution in [1.82, 2.24) is 10.3 Å². The number of amides is 2. The quantitative estimate of drug-likeness (QED) is 0.600. The van der Waals surface area contributed by atoms with Crippen LogP contribution in [0.3, 0.4) is 0 Å². The molecule has 0 aromatic carbocycles. The number of pyridine rings is 1. The van der Waals surface area contributed by atoms with Crippen LogP contribution in [0, 0.1) is 0 Å². The zero-order chi connectivity index (χ0) is 12.5. The van der Waals surface area contributed by atoms with Crippen LogP contribution >= 0.6 is 11.6 Å². The Morgan fingerprint density at radius 2 is 2.35 bits per heavy atom. The minimum atomic E-state index is -0.405. The van der Waals surface area contributed by atoms with Gasteiger partial charge < -0.3 is 14.8 Å². The smallest absolute Gasteiger partial charge is 0.322 e. The van der Waals surface area contributed by atoms with Gasteiger partial charge in [-0.25, -0.2) is 9.78 Å². The number of methoxy groups -OCH3 is 1. The highest BCUT2D eigenvalue weighted by Crippen LogP contribution is 2.11. The van der Waals surface area contributed by atoms with Gasteiger partial charge in [-0.05, 0) is 12.1 Å². The van der Waals surface area contributed by atoms with Gasteiger partial charge in [0.05, 0.1) is 13.2 Å². The summed E-state index contributed by atoms with van der Waals surface area (Å²) in [6.45, 7) is 1.01. The third kappa shape index (κ3) is 6.06. The largest absolute Gasteiger partial charge is 0.382 e. The summed E-state index contributed by atoms with van der Waals surface area (Å²) in [6, 6.07) is 2.77. The fourth-order valence-electron chi connectivity index (χ4n) is 0.965. The third-order valence-electron chi connectivity index (χ3n) is 1.73. The molecule has 0 saturated heterocycles. The first kappa shape index (κ1) is 13.7. The standard InChI is InChI=1S/C10H14ClN3O3/c1-16-4-5-17-7-13-10(15)14-9-6-8(11)2-3-12-9/h2-3,6H,4-5,7H2,1H3,(H2,12,13,14,15). The average Bonchev–Trinajstić information content (AvgIpc) is 2.29. The summed E-state index contributed by atoms with van der Waals surface area (Å²) in [5.41, 5.74) is 0. The van der Waals surface area contributed by atoms with E-state index in [2.05, 4.69) is 15.6 Å². The second-order valence-electron chi connectivity index (χ2n) is 3.04. The predicted molar refractivity (Wildman–Crippen MR) is 64.1 cm³/mol. The Morgan fingerprint density at radius 3 is 3.06 bits per heavy atom. The van der Waals surface area contributed by atoms with E-state index < -0.39 is 6.03 Å². The summed E-state index contributed by atoms with van der Waals surface area (Å²) in [4.78, 5) is 15.3. The van der Waals surface area contributed by atoms with Crippen LogP contribution in [-0.4, -0.2) is 38.1 Å². The van der Waals surface area contributed by atoms with Crippen molar-refractivity contribution in [1.29, 1.82) is 0 Å². The molecule has 0 aliphatic rings. The van der Waals surface area contributed by atoms with Crippen LogP contribution in [0.4, 0.5) is 10.6 Å². The van der Waals surface area contributed by atoms with Gasteiger partial charge in [0.1, 0.15) is 12.5 Å². The molecule has 2 N–H and O–H groups in total. The number of ether oxygens (including phenoxy) is 2. The van der Waals surface area contributed by atoms with E-state index in [-0.39, 0.29) is 6.73 Å². The van der Waals surface area contributed by atoms with Crippen LogP contribution in [-0.2, 0) is 9.47 Å². The number of carbonyl (C=O) groups is 1. The average molecular weight is 260 g/mol. The summed E-state index contributed by atoms with van der Waals surface area (Å²) in [7, 11) is 1.58. The first-order valence-electron chi connectivity index (χ1n) is 4.95. The van der Waals surface area contributed by atoms with Crippen molar-refractivity contribution in [2.45, 2.75) is 0 Å². The molecule has 0 fully saturated rings. The van der Waals surface area contributed by atoms with E-state index in [4.69, 9.17) is 21.1 Å². The number of halogens is 1. The number of carbonyl (C=O) groups excluding carboxylic acids is 1. The molecule has 0 unspecified atom stereocenters. The summed E-state index contributed by atoms with van der Waals surface area (Å²) >= 11 is 5.74. The summed E-state index contributed by atoms with van der Waals surface area (Å²) in [5, 5.41) is 5.52. The molecule has 6 nitrogen and oxygen atoms in total. The van der Waals surface area contributed by atoms with E-state index in [9.17, 15) is 4.79 Å². The maximum Gasteiger partial charge on any atom is 0.322 e. The summed E-state index contributed by atoms with van der Waals surface area (Å²) in [6.07, 6.45) is 1.51. The van der Waals surface area contributed by atoms with Gasteiger partial charge in [-0.2, -0.15) is 0 Å². The van der Waals surface area contributed by atoms with Crippen LogP contribution < -0.4 is 10.6 Å². The topological polar surface area (TPSA) is 72.5 Å². The zero-order valence-electron chi connectivity index (χ0n) is 9.40. The van der Waals surface area contributed by atoms with Crippen LogP contribution in [0.2, 0.25) is 5.02 Å². The monoisotopic (exact) mass is 259 g/mol. The lowest BCUT2D eigenvalue weighted by Crippen LogP contribution is -2.31. The molecule has 0 saturated carbocycles. The Bertz CT molecular complexity index is 362. The molecule has 1 aromatic heterocycles. The van der Waals surface area contributed by atoms with Crippen molar-refractivity contribution in [2.24, 2.45) is 0 Å². The van der Waals surface area contributed by atoms with Gasteiger partial charge in [-0.1, -0.05) is 11.6 Å². The summed E-state index contributed by atoms with van der Waals surface area (Å²) in [5.74, 6) is 0.381. The lowest BCUT2D eigenvalue weighted by molar-refractivity contribution is 0.0650. The minimum Gasteiger partial charge on any atom is -0.382 e. The van der Waals surface area contributed by atoms with Gasteiger partial charge in [0.15, 0.2) is 0 Å². The molecule has 0 aliphatic heterocycles. The molecule has 0 bridgehead atoms. The molecule has 7 heteroatoms. The molecule has 94 valence electrons. The van der Waals surface area contributed by atoms with Gasteiger partial charge in [0.25, 0.3) is 0 Å². The van der Waals surface area contributed by atoms with Crippen LogP contribution in [0.25, 0.3) is 0 Å². The SMILES string of the molecule is COCCOCNC(=O)Nc1cc(Cl)ccn1. The molecule has 0 aliphatic carbocycles.